The Kier molecular flexibility index (Phi) is 8.42. The number of oxime groups is 2. The lowest BCUT2D eigenvalue weighted by Crippen LogP contribution is -2.29. The normalized spacial score (nSPS) is 11.9. The lowest BCUT2D eigenvalue weighted by Gasteiger charge is -2.13. The fourth-order valence-electron chi connectivity index (χ4n) is 2.73. The molecule has 0 bridgehead atoms. The third kappa shape index (κ3) is 5.60. The van der Waals surface area contributed by atoms with E-state index >= 15 is 0 Å². The van der Waals surface area contributed by atoms with Crippen LogP contribution in [0.3, 0.4) is 0 Å². The quantitative estimate of drug-likeness (QED) is 0.501. The SMILES string of the molecule is CNC(=O)/C(=N\OC)c1cccc(C)c1CO/N=C(\COC)c1ccc(F)cc1F. The van der Waals surface area contributed by atoms with Gasteiger partial charge in [-0.1, -0.05) is 28.5 Å². The number of carbonyl (C=O) groups excluding carboxylic acids is 1. The van der Waals surface area contributed by atoms with Crippen molar-refractivity contribution in [1.82, 2.24) is 5.32 Å². The van der Waals surface area contributed by atoms with Crippen LogP contribution in [0.15, 0.2) is 46.7 Å². The van der Waals surface area contributed by atoms with Gasteiger partial charge in [-0.3, -0.25) is 4.79 Å². The number of methoxy groups -OCH3 is 1. The average molecular weight is 419 g/mol. The molecule has 30 heavy (non-hydrogen) atoms. The van der Waals surface area contributed by atoms with Crippen LogP contribution in [0, 0.1) is 18.6 Å². The van der Waals surface area contributed by atoms with E-state index in [2.05, 4.69) is 15.6 Å². The molecule has 0 saturated carbocycles. The molecule has 1 N–H and O–H groups in total. The first-order valence-electron chi connectivity index (χ1n) is 8.98. The van der Waals surface area contributed by atoms with Gasteiger partial charge in [0.25, 0.3) is 5.91 Å². The summed E-state index contributed by atoms with van der Waals surface area (Å²) in [6, 6.07) is 8.47. The predicted molar refractivity (Wildman–Crippen MR) is 108 cm³/mol. The molecule has 0 spiro atoms. The Morgan fingerprint density at radius 3 is 2.50 bits per heavy atom. The summed E-state index contributed by atoms with van der Waals surface area (Å²) in [6.45, 7) is 1.77. The number of amides is 1. The fourth-order valence-corrected chi connectivity index (χ4v) is 2.73. The molecule has 0 unspecified atom stereocenters. The molecule has 9 heteroatoms. The van der Waals surface area contributed by atoms with Crippen molar-refractivity contribution >= 4 is 17.3 Å². The number of aryl methyl sites for hydroxylation is 1. The average Bonchev–Trinajstić information content (AvgIpc) is 2.72. The number of hydrogen-bond acceptors (Lipinski definition) is 6. The number of benzene rings is 2. The van der Waals surface area contributed by atoms with E-state index in [9.17, 15) is 13.6 Å². The van der Waals surface area contributed by atoms with Crippen molar-refractivity contribution in [3.8, 4) is 0 Å². The molecule has 0 aliphatic rings. The summed E-state index contributed by atoms with van der Waals surface area (Å²) in [5, 5.41) is 10.3. The maximum Gasteiger partial charge on any atom is 0.273 e. The second-order valence-electron chi connectivity index (χ2n) is 6.17. The molecule has 0 heterocycles. The van der Waals surface area contributed by atoms with Crippen LogP contribution in [0.2, 0.25) is 0 Å². The molecule has 0 aliphatic heterocycles. The van der Waals surface area contributed by atoms with E-state index in [0.29, 0.717) is 11.1 Å². The summed E-state index contributed by atoms with van der Waals surface area (Å²) in [5.41, 5.74) is 2.28. The molecule has 0 radical (unpaired) electrons. The van der Waals surface area contributed by atoms with E-state index in [1.54, 1.807) is 12.1 Å². The lowest BCUT2D eigenvalue weighted by molar-refractivity contribution is -0.114. The summed E-state index contributed by atoms with van der Waals surface area (Å²) < 4.78 is 32.4. The molecule has 1 amide bonds. The van der Waals surface area contributed by atoms with Crippen molar-refractivity contribution < 1.29 is 28.0 Å². The lowest BCUT2D eigenvalue weighted by atomic mass is 9.98. The number of nitrogens with zero attached hydrogens (tertiary/aromatic N) is 2. The topological polar surface area (TPSA) is 81.5 Å². The van der Waals surface area contributed by atoms with Crippen molar-refractivity contribution in [2.24, 2.45) is 10.3 Å². The fraction of sp³-hybridized carbons (Fsp3) is 0.286. The van der Waals surface area contributed by atoms with Crippen molar-refractivity contribution in [2.75, 3.05) is 27.9 Å². The van der Waals surface area contributed by atoms with Gasteiger partial charge in [-0.15, -0.1) is 0 Å². The summed E-state index contributed by atoms with van der Waals surface area (Å²) in [7, 11) is 4.25. The Bertz CT molecular complexity index is 961. The molecule has 0 atom stereocenters. The molecule has 7 nitrogen and oxygen atoms in total. The van der Waals surface area contributed by atoms with Crippen molar-refractivity contribution in [3.05, 3.63) is 70.3 Å². The molecule has 0 saturated heterocycles. The number of ether oxygens (including phenoxy) is 1. The van der Waals surface area contributed by atoms with Gasteiger partial charge in [0.1, 0.15) is 31.1 Å². The number of halogens is 2. The van der Waals surface area contributed by atoms with Gasteiger partial charge in [-0.05, 0) is 24.6 Å². The van der Waals surface area contributed by atoms with Gasteiger partial charge in [0.15, 0.2) is 5.71 Å². The zero-order valence-electron chi connectivity index (χ0n) is 17.2. The van der Waals surface area contributed by atoms with Gasteiger partial charge in [-0.2, -0.15) is 0 Å². The number of rotatable bonds is 9. The van der Waals surface area contributed by atoms with Gasteiger partial charge in [0.2, 0.25) is 0 Å². The molecule has 0 fully saturated rings. The molecular weight excluding hydrogens is 396 g/mol. The first kappa shape index (κ1) is 23.0. The van der Waals surface area contributed by atoms with Crippen LogP contribution in [-0.2, 0) is 25.8 Å². The van der Waals surface area contributed by atoms with E-state index in [1.807, 2.05) is 13.0 Å². The smallest absolute Gasteiger partial charge is 0.273 e. The second-order valence-corrected chi connectivity index (χ2v) is 6.17. The standard InChI is InChI=1S/C21H23F2N3O4/c1-13-6-5-7-15(20(26-29-4)21(27)24-2)17(13)11-30-25-19(12-28-3)16-9-8-14(22)10-18(16)23/h5-10H,11-12H2,1-4H3,(H,24,27)/b25-19+,26-20-. The van der Waals surface area contributed by atoms with Gasteiger partial charge < -0.3 is 19.7 Å². The van der Waals surface area contributed by atoms with E-state index < -0.39 is 17.5 Å². The van der Waals surface area contributed by atoms with Crippen LogP contribution >= 0.6 is 0 Å². The predicted octanol–water partition coefficient (Wildman–Crippen LogP) is 2.94. The van der Waals surface area contributed by atoms with Crippen LogP contribution in [0.5, 0.6) is 0 Å². The minimum absolute atomic E-state index is 0.0300. The van der Waals surface area contributed by atoms with Crippen LogP contribution in [0.4, 0.5) is 8.78 Å². The van der Waals surface area contributed by atoms with E-state index in [1.165, 1.54) is 27.3 Å². The first-order chi connectivity index (χ1) is 14.4. The van der Waals surface area contributed by atoms with Crippen LogP contribution < -0.4 is 5.32 Å². The largest absolute Gasteiger partial charge is 0.398 e. The first-order valence-corrected chi connectivity index (χ1v) is 8.98. The summed E-state index contributed by atoms with van der Waals surface area (Å²) in [6.07, 6.45) is 0. The Hall–Kier alpha value is -3.33. The number of carbonyl (C=O) groups is 1. The van der Waals surface area contributed by atoms with Crippen molar-refractivity contribution in [2.45, 2.75) is 13.5 Å². The Morgan fingerprint density at radius 2 is 1.87 bits per heavy atom. The minimum Gasteiger partial charge on any atom is -0.398 e. The Balaban J connectivity index is 2.35. The zero-order valence-corrected chi connectivity index (χ0v) is 17.2. The zero-order chi connectivity index (χ0) is 22.1. The van der Waals surface area contributed by atoms with Crippen LogP contribution in [0.1, 0.15) is 22.3 Å². The van der Waals surface area contributed by atoms with Gasteiger partial charge in [-0.25, -0.2) is 8.78 Å². The van der Waals surface area contributed by atoms with Gasteiger partial charge >= 0.3 is 0 Å². The molecule has 0 aromatic heterocycles. The number of nitrogens with one attached hydrogen (secondary N) is 1. The maximum absolute atomic E-state index is 14.1. The summed E-state index contributed by atoms with van der Waals surface area (Å²) in [4.78, 5) is 22.5. The molecule has 2 rings (SSSR count). The second kappa shape index (κ2) is 11.0. The number of likely N-dealkylation sites (N-methyl/N-ethyl adjacent to an activating group) is 1. The van der Waals surface area contributed by atoms with E-state index in [0.717, 1.165) is 17.7 Å². The highest BCUT2D eigenvalue weighted by atomic mass is 19.1. The van der Waals surface area contributed by atoms with E-state index in [-0.39, 0.29) is 30.2 Å². The molecular formula is C21H23F2N3O4. The van der Waals surface area contributed by atoms with Crippen molar-refractivity contribution in [3.63, 3.8) is 0 Å². The minimum atomic E-state index is -0.778. The Morgan fingerprint density at radius 1 is 1.10 bits per heavy atom. The van der Waals surface area contributed by atoms with Crippen LogP contribution in [0.25, 0.3) is 0 Å². The van der Waals surface area contributed by atoms with Gasteiger partial charge in [0, 0.05) is 36.9 Å². The third-order valence-corrected chi connectivity index (χ3v) is 4.20. The summed E-state index contributed by atoms with van der Waals surface area (Å²) >= 11 is 0. The highest BCUT2D eigenvalue weighted by molar-refractivity contribution is 6.45. The summed E-state index contributed by atoms with van der Waals surface area (Å²) in [5.74, 6) is -1.90. The molecule has 0 aliphatic carbocycles. The highest BCUT2D eigenvalue weighted by Gasteiger charge is 2.19. The number of hydrogen-bond donors (Lipinski definition) is 1. The monoisotopic (exact) mass is 419 g/mol. The Labute approximate surface area is 173 Å². The molecule has 160 valence electrons. The van der Waals surface area contributed by atoms with Crippen molar-refractivity contribution in [1.29, 1.82) is 0 Å². The highest BCUT2D eigenvalue weighted by Crippen LogP contribution is 2.18. The molecule has 2 aromatic rings. The third-order valence-electron chi connectivity index (χ3n) is 4.20. The molecule has 2 aromatic carbocycles. The van der Waals surface area contributed by atoms with Crippen LogP contribution in [-0.4, -0.2) is 45.2 Å². The van der Waals surface area contributed by atoms with Gasteiger partial charge in [0.05, 0.1) is 6.61 Å². The van der Waals surface area contributed by atoms with E-state index in [4.69, 9.17) is 14.4 Å². The maximum atomic E-state index is 14.1.